The number of nitrogens with zero attached hydrogens (tertiary/aromatic N) is 1. The van der Waals surface area contributed by atoms with E-state index in [0.717, 1.165) is 10.6 Å². The van der Waals surface area contributed by atoms with Crippen molar-refractivity contribution in [2.45, 2.75) is 45.4 Å². The van der Waals surface area contributed by atoms with Crippen molar-refractivity contribution in [2.24, 2.45) is 0 Å². The highest BCUT2D eigenvalue weighted by Crippen LogP contribution is 2.25. The lowest BCUT2D eigenvalue weighted by molar-refractivity contribution is -0.157. The first kappa shape index (κ1) is 12.3. The maximum atomic E-state index is 11.9. The molecule has 5 nitrogen and oxygen atoms in total. The van der Waals surface area contributed by atoms with Crippen molar-refractivity contribution in [3.63, 3.8) is 0 Å². The lowest BCUT2D eigenvalue weighted by Gasteiger charge is -2.26. The van der Waals surface area contributed by atoms with Crippen molar-refractivity contribution in [1.29, 1.82) is 0 Å². The molecular weight excluding hydrogens is 238 g/mol. The number of fused-ring (bicyclic) bond motifs is 1. The molecule has 1 aromatic heterocycles. The summed E-state index contributed by atoms with van der Waals surface area (Å²) < 4.78 is 5.34. The summed E-state index contributed by atoms with van der Waals surface area (Å²) in [7, 11) is 0. The third-order valence-electron chi connectivity index (χ3n) is 2.39. The van der Waals surface area contributed by atoms with Gasteiger partial charge in [0.2, 0.25) is 0 Å². The third kappa shape index (κ3) is 2.95. The number of carbonyl (C=O) groups excluding carboxylic acids is 1. The standard InChI is InChI=1S/C11H17N3O2S/c1-11(2,3)16-9(15)7-4-6-8(5-13-7)17-10(12)14-6/h7,13H,4-5H2,1-3H3,(H2,12,14). The first-order chi connectivity index (χ1) is 7.85. The molecule has 94 valence electrons. The molecule has 0 fully saturated rings. The van der Waals surface area contributed by atoms with E-state index in [4.69, 9.17) is 10.5 Å². The van der Waals surface area contributed by atoms with Gasteiger partial charge in [-0.3, -0.25) is 10.1 Å². The molecule has 0 bridgehead atoms. The number of anilines is 1. The molecule has 1 aromatic rings. The van der Waals surface area contributed by atoms with Gasteiger partial charge in [0.25, 0.3) is 0 Å². The Morgan fingerprint density at radius 1 is 1.59 bits per heavy atom. The average Bonchev–Trinajstić information content (AvgIpc) is 2.53. The number of carbonyl (C=O) groups is 1. The molecule has 17 heavy (non-hydrogen) atoms. The number of ether oxygens (including phenoxy) is 1. The molecule has 0 saturated carbocycles. The maximum Gasteiger partial charge on any atom is 0.324 e. The Balaban J connectivity index is 2.05. The van der Waals surface area contributed by atoms with Crippen LogP contribution in [0.2, 0.25) is 0 Å². The fourth-order valence-corrected chi connectivity index (χ4v) is 2.53. The zero-order valence-corrected chi connectivity index (χ0v) is 11.1. The van der Waals surface area contributed by atoms with Crippen LogP contribution in [0.1, 0.15) is 31.3 Å². The number of rotatable bonds is 1. The largest absolute Gasteiger partial charge is 0.459 e. The highest BCUT2D eigenvalue weighted by atomic mass is 32.1. The minimum absolute atomic E-state index is 0.227. The smallest absolute Gasteiger partial charge is 0.324 e. The highest BCUT2D eigenvalue weighted by Gasteiger charge is 2.30. The van der Waals surface area contributed by atoms with E-state index in [9.17, 15) is 4.79 Å². The number of nitrogens with two attached hydrogens (primary N) is 1. The third-order valence-corrected chi connectivity index (χ3v) is 3.32. The van der Waals surface area contributed by atoms with Crippen molar-refractivity contribution in [3.05, 3.63) is 10.6 Å². The van der Waals surface area contributed by atoms with Crippen LogP contribution in [0.5, 0.6) is 0 Å². The van der Waals surface area contributed by atoms with E-state index in [-0.39, 0.29) is 12.0 Å². The molecule has 1 aliphatic rings. The molecule has 3 N–H and O–H groups in total. The fourth-order valence-electron chi connectivity index (χ4n) is 1.72. The van der Waals surface area contributed by atoms with Gasteiger partial charge < -0.3 is 10.5 Å². The number of nitrogen functional groups attached to an aromatic ring is 1. The van der Waals surface area contributed by atoms with Gasteiger partial charge in [-0.05, 0) is 20.8 Å². The van der Waals surface area contributed by atoms with Crippen LogP contribution in [0.3, 0.4) is 0 Å². The van der Waals surface area contributed by atoms with Crippen molar-refractivity contribution >= 4 is 22.4 Å². The minimum Gasteiger partial charge on any atom is -0.459 e. The Morgan fingerprint density at radius 3 is 2.94 bits per heavy atom. The summed E-state index contributed by atoms with van der Waals surface area (Å²) in [6.07, 6.45) is 0.554. The van der Waals surface area contributed by atoms with Gasteiger partial charge in [-0.2, -0.15) is 0 Å². The van der Waals surface area contributed by atoms with E-state index < -0.39 is 5.60 Å². The average molecular weight is 255 g/mol. The molecule has 0 saturated heterocycles. The first-order valence-corrected chi connectivity index (χ1v) is 6.37. The Kier molecular flexibility index (Phi) is 3.09. The van der Waals surface area contributed by atoms with Gasteiger partial charge in [0.15, 0.2) is 5.13 Å². The molecule has 1 unspecified atom stereocenters. The maximum absolute atomic E-state index is 11.9. The summed E-state index contributed by atoms with van der Waals surface area (Å²) in [5, 5.41) is 3.71. The van der Waals surface area contributed by atoms with Crippen LogP contribution in [-0.2, 0) is 22.5 Å². The van der Waals surface area contributed by atoms with Crippen LogP contribution < -0.4 is 11.1 Å². The Bertz CT molecular complexity index is 436. The van der Waals surface area contributed by atoms with Gasteiger partial charge in [0.05, 0.1) is 5.69 Å². The number of esters is 1. The van der Waals surface area contributed by atoms with E-state index in [1.54, 1.807) is 0 Å². The SMILES string of the molecule is CC(C)(C)OC(=O)C1Cc2nc(N)sc2CN1. The van der Waals surface area contributed by atoms with E-state index in [2.05, 4.69) is 10.3 Å². The summed E-state index contributed by atoms with van der Waals surface area (Å²) in [5.41, 5.74) is 6.11. The number of thiazole rings is 1. The van der Waals surface area contributed by atoms with Crippen LogP contribution in [-0.4, -0.2) is 22.6 Å². The van der Waals surface area contributed by atoms with Crippen molar-refractivity contribution in [2.75, 3.05) is 5.73 Å². The lowest BCUT2D eigenvalue weighted by Crippen LogP contribution is -2.44. The van der Waals surface area contributed by atoms with Gasteiger partial charge >= 0.3 is 5.97 Å². The van der Waals surface area contributed by atoms with Crippen LogP contribution >= 0.6 is 11.3 Å². The predicted octanol–water partition coefficient (Wildman–Crippen LogP) is 1.08. The number of hydrogen-bond donors (Lipinski definition) is 2. The summed E-state index contributed by atoms with van der Waals surface area (Å²) in [5.74, 6) is -0.227. The van der Waals surface area contributed by atoms with E-state index in [0.29, 0.717) is 18.1 Å². The molecule has 0 amide bonds. The van der Waals surface area contributed by atoms with E-state index in [1.807, 2.05) is 20.8 Å². The van der Waals surface area contributed by atoms with Crippen LogP contribution in [0.25, 0.3) is 0 Å². The molecule has 1 atom stereocenters. The Labute approximate surface area is 104 Å². The van der Waals surface area contributed by atoms with Crippen LogP contribution in [0, 0.1) is 0 Å². The molecule has 0 spiro atoms. The first-order valence-electron chi connectivity index (χ1n) is 5.55. The molecule has 1 aliphatic heterocycles. The molecule has 6 heteroatoms. The van der Waals surface area contributed by atoms with Crippen molar-refractivity contribution in [1.82, 2.24) is 10.3 Å². The quantitative estimate of drug-likeness (QED) is 0.734. The molecular formula is C11H17N3O2S. The predicted molar refractivity (Wildman–Crippen MR) is 66.7 cm³/mol. The molecule has 0 aromatic carbocycles. The number of hydrogen-bond acceptors (Lipinski definition) is 6. The Morgan fingerprint density at radius 2 is 2.29 bits per heavy atom. The zero-order valence-electron chi connectivity index (χ0n) is 10.2. The fraction of sp³-hybridized carbons (Fsp3) is 0.636. The van der Waals surface area contributed by atoms with E-state index in [1.165, 1.54) is 11.3 Å². The monoisotopic (exact) mass is 255 g/mol. The molecule has 0 radical (unpaired) electrons. The van der Waals surface area contributed by atoms with Crippen molar-refractivity contribution in [3.8, 4) is 0 Å². The minimum atomic E-state index is -0.458. The summed E-state index contributed by atoms with van der Waals surface area (Å²) in [4.78, 5) is 17.2. The second kappa shape index (κ2) is 4.27. The van der Waals surface area contributed by atoms with Gasteiger partial charge in [-0.1, -0.05) is 0 Å². The lowest BCUT2D eigenvalue weighted by atomic mass is 10.1. The second-order valence-electron chi connectivity index (χ2n) is 5.09. The number of aromatic nitrogens is 1. The van der Waals surface area contributed by atoms with E-state index >= 15 is 0 Å². The Hall–Kier alpha value is -1.14. The van der Waals surface area contributed by atoms with Gasteiger partial charge in [0, 0.05) is 17.8 Å². The molecule has 2 rings (SSSR count). The van der Waals surface area contributed by atoms with Crippen LogP contribution in [0.15, 0.2) is 0 Å². The van der Waals surface area contributed by atoms with Gasteiger partial charge in [-0.15, -0.1) is 11.3 Å². The normalized spacial score (nSPS) is 19.8. The van der Waals surface area contributed by atoms with Gasteiger partial charge in [0.1, 0.15) is 11.6 Å². The summed E-state index contributed by atoms with van der Waals surface area (Å²) >= 11 is 1.47. The van der Waals surface area contributed by atoms with Crippen LogP contribution in [0.4, 0.5) is 5.13 Å². The number of nitrogens with one attached hydrogen (secondary N) is 1. The topological polar surface area (TPSA) is 77.2 Å². The highest BCUT2D eigenvalue weighted by molar-refractivity contribution is 7.15. The molecule has 0 aliphatic carbocycles. The van der Waals surface area contributed by atoms with Crippen molar-refractivity contribution < 1.29 is 9.53 Å². The summed E-state index contributed by atoms with van der Waals surface area (Å²) in [6.45, 7) is 6.22. The zero-order chi connectivity index (χ0) is 12.6. The molecule has 2 heterocycles. The second-order valence-corrected chi connectivity index (χ2v) is 6.21. The summed E-state index contributed by atoms with van der Waals surface area (Å²) in [6, 6.07) is -0.316. The van der Waals surface area contributed by atoms with Gasteiger partial charge in [-0.25, -0.2) is 4.98 Å².